The molecule has 26 heavy (non-hydrogen) atoms. The van der Waals surface area contributed by atoms with E-state index >= 15 is 0 Å². The maximum Gasteiger partial charge on any atom is 0.185 e. The molecule has 1 aliphatic rings. The van der Waals surface area contributed by atoms with Gasteiger partial charge >= 0.3 is 0 Å². The summed E-state index contributed by atoms with van der Waals surface area (Å²) in [4.78, 5) is 12.7. The van der Waals surface area contributed by atoms with Crippen LogP contribution in [-0.2, 0) is 4.79 Å². The number of phenols is 2. The van der Waals surface area contributed by atoms with Crippen molar-refractivity contribution in [2.75, 3.05) is 14.2 Å². The predicted octanol–water partition coefficient (Wildman–Crippen LogP) is 3.94. The van der Waals surface area contributed by atoms with Crippen LogP contribution in [0.3, 0.4) is 0 Å². The van der Waals surface area contributed by atoms with E-state index in [1.165, 1.54) is 14.2 Å². The number of ketones is 1. The first-order valence-corrected chi connectivity index (χ1v) is 8.23. The summed E-state index contributed by atoms with van der Waals surface area (Å²) in [6, 6.07) is 10.3. The molecule has 3 rings (SSSR count). The molecule has 0 spiro atoms. The third-order valence-electron chi connectivity index (χ3n) is 4.41. The molecule has 0 bridgehead atoms. The van der Waals surface area contributed by atoms with E-state index in [0.29, 0.717) is 46.6 Å². The Labute approximate surface area is 151 Å². The molecule has 134 valence electrons. The number of hydrogen-bond acceptors (Lipinski definition) is 5. The molecule has 0 aromatic heterocycles. The summed E-state index contributed by atoms with van der Waals surface area (Å²) in [5.41, 5.74) is 2.31. The lowest BCUT2D eigenvalue weighted by atomic mass is 10.1. The quantitative estimate of drug-likeness (QED) is 0.815. The van der Waals surface area contributed by atoms with E-state index in [4.69, 9.17) is 9.47 Å². The predicted molar refractivity (Wildman–Crippen MR) is 99.5 cm³/mol. The number of rotatable bonds is 4. The van der Waals surface area contributed by atoms with Gasteiger partial charge in [-0.2, -0.15) is 0 Å². The van der Waals surface area contributed by atoms with Crippen molar-refractivity contribution in [2.24, 2.45) is 0 Å². The van der Waals surface area contributed by atoms with E-state index < -0.39 is 0 Å². The minimum Gasteiger partial charge on any atom is -0.504 e. The van der Waals surface area contributed by atoms with Gasteiger partial charge in [-0.15, -0.1) is 0 Å². The number of Topliss-reactive ketones (excluding diaryl/α,β-unsaturated/α-hetero) is 1. The van der Waals surface area contributed by atoms with Crippen LogP contribution in [0.1, 0.15) is 24.0 Å². The highest BCUT2D eigenvalue weighted by atomic mass is 16.5. The molecule has 0 saturated heterocycles. The molecule has 1 saturated carbocycles. The van der Waals surface area contributed by atoms with E-state index in [0.717, 1.165) is 0 Å². The molecular formula is C21H20O5. The number of methoxy groups -OCH3 is 2. The van der Waals surface area contributed by atoms with E-state index in [9.17, 15) is 15.0 Å². The van der Waals surface area contributed by atoms with Crippen LogP contribution in [0.15, 0.2) is 47.5 Å². The molecule has 2 aromatic rings. The van der Waals surface area contributed by atoms with Crippen molar-refractivity contribution in [3.8, 4) is 23.0 Å². The van der Waals surface area contributed by atoms with Gasteiger partial charge in [0.25, 0.3) is 0 Å². The van der Waals surface area contributed by atoms with Crippen LogP contribution >= 0.6 is 0 Å². The van der Waals surface area contributed by atoms with Crippen LogP contribution in [0.25, 0.3) is 12.2 Å². The first kappa shape index (κ1) is 17.6. The van der Waals surface area contributed by atoms with Gasteiger partial charge in [-0.05, 0) is 37.1 Å². The van der Waals surface area contributed by atoms with E-state index in [2.05, 4.69) is 0 Å². The highest BCUT2D eigenvalue weighted by molar-refractivity contribution is 6.15. The number of ether oxygens (including phenoxy) is 2. The Morgan fingerprint density at radius 3 is 1.62 bits per heavy atom. The average molecular weight is 352 g/mol. The number of phenolic OH excluding ortho intramolecular Hbond substituents is 2. The van der Waals surface area contributed by atoms with Gasteiger partial charge < -0.3 is 19.7 Å². The molecule has 0 aliphatic heterocycles. The maximum atomic E-state index is 12.7. The van der Waals surface area contributed by atoms with Crippen LogP contribution in [0, 0.1) is 0 Å². The molecule has 5 nitrogen and oxygen atoms in total. The first-order chi connectivity index (χ1) is 12.5. The lowest BCUT2D eigenvalue weighted by Crippen LogP contribution is -1.96. The highest BCUT2D eigenvalue weighted by Crippen LogP contribution is 2.36. The molecular weight excluding hydrogens is 332 g/mol. The molecule has 0 radical (unpaired) electrons. The van der Waals surface area contributed by atoms with Crippen molar-refractivity contribution >= 4 is 17.9 Å². The molecule has 5 heteroatoms. The topological polar surface area (TPSA) is 76.0 Å². The Morgan fingerprint density at radius 2 is 1.23 bits per heavy atom. The zero-order chi connectivity index (χ0) is 18.7. The summed E-state index contributed by atoms with van der Waals surface area (Å²) in [5, 5.41) is 20.4. The van der Waals surface area contributed by atoms with E-state index in [1.807, 2.05) is 0 Å². The summed E-state index contributed by atoms with van der Waals surface area (Å²) >= 11 is 0. The molecule has 2 aromatic carbocycles. The van der Waals surface area contributed by atoms with Crippen molar-refractivity contribution in [1.29, 1.82) is 0 Å². The summed E-state index contributed by atoms with van der Waals surface area (Å²) in [6.07, 6.45) is 4.52. The van der Waals surface area contributed by atoms with Crippen LogP contribution in [0.5, 0.6) is 23.0 Å². The van der Waals surface area contributed by atoms with Crippen molar-refractivity contribution < 1.29 is 24.5 Å². The third kappa shape index (κ3) is 3.28. The Bertz CT molecular complexity index is 835. The summed E-state index contributed by atoms with van der Waals surface area (Å²) < 4.78 is 10.2. The lowest BCUT2D eigenvalue weighted by molar-refractivity contribution is -0.111. The summed E-state index contributed by atoms with van der Waals surface area (Å²) in [7, 11) is 2.96. The molecule has 0 unspecified atom stereocenters. The van der Waals surface area contributed by atoms with Gasteiger partial charge in [-0.3, -0.25) is 4.79 Å². The van der Waals surface area contributed by atoms with Gasteiger partial charge in [0.1, 0.15) is 0 Å². The fourth-order valence-corrected chi connectivity index (χ4v) is 2.99. The first-order valence-electron chi connectivity index (χ1n) is 8.23. The number of para-hydroxylation sites is 2. The molecule has 2 N–H and O–H groups in total. The SMILES string of the molecule is COc1cccc(/C=C2\CC/C(=C\c3cccc(OC)c3O)C2=O)c1O. The van der Waals surface area contributed by atoms with Gasteiger partial charge in [0.2, 0.25) is 0 Å². The van der Waals surface area contributed by atoms with Crippen LogP contribution in [-0.4, -0.2) is 30.2 Å². The second-order valence-corrected chi connectivity index (χ2v) is 5.96. The average Bonchev–Trinajstić information content (AvgIpc) is 2.98. The number of allylic oxidation sites excluding steroid dienone is 2. The van der Waals surface area contributed by atoms with Gasteiger partial charge in [0.05, 0.1) is 14.2 Å². The van der Waals surface area contributed by atoms with Gasteiger partial charge in [-0.25, -0.2) is 0 Å². The van der Waals surface area contributed by atoms with Crippen molar-refractivity contribution in [3.63, 3.8) is 0 Å². The van der Waals surface area contributed by atoms with E-state index in [-0.39, 0.29) is 17.3 Å². The third-order valence-corrected chi connectivity index (χ3v) is 4.41. The van der Waals surface area contributed by atoms with Crippen LogP contribution < -0.4 is 9.47 Å². The number of hydrogen-bond donors (Lipinski definition) is 2. The number of benzene rings is 2. The molecule has 0 heterocycles. The Balaban J connectivity index is 1.91. The van der Waals surface area contributed by atoms with Crippen molar-refractivity contribution in [2.45, 2.75) is 12.8 Å². The summed E-state index contributed by atoms with van der Waals surface area (Å²) in [5.74, 6) is 0.662. The minimum atomic E-state index is -0.0885. The maximum absolute atomic E-state index is 12.7. The van der Waals surface area contributed by atoms with Crippen molar-refractivity contribution in [1.82, 2.24) is 0 Å². The summed E-state index contributed by atoms with van der Waals surface area (Å²) in [6.45, 7) is 0. The standard InChI is InChI=1S/C21H20O5/c1-25-17-7-3-5-13(20(17)23)11-15-9-10-16(19(15)22)12-14-6-4-8-18(26-2)21(14)24/h3-8,11-12,23-24H,9-10H2,1-2H3/b15-11+,16-12+. The Kier molecular flexibility index (Phi) is 4.98. The number of aromatic hydroxyl groups is 2. The molecule has 0 amide bonds. The minimum absolute atomic E-state index is 0.0122. The van der Waals surface area contributed by atoms with Crippen LogP contribution in [0.4, 0.5) is 0 Å². The Morgan fingerprint density at radius 1 is 0.808 bits per heavy atom. The monoisotopic (exact) mass is 352 g/mol. The second-order valence-electron chi connectivity index (χ2n) is 5.96. The normalized spacial score (nSPS) is 17.1. The van der Waals surface area contributed by atoms with Crippen molar-refractivity contribution in [3.05, 3.63) is 58.7 Å². The number of carbonyl (C=O) groups is 1. The van der Waals surface area contributed by atoms with E-state index in [1.54, 1.807) is 48.6 Å². The second kappa shape index (κ2) is 7.35. The fourth-order valence-electron chi connectivity index (χ4n) is 2.99. The molecule has 0 atom stereocenters. The van der Waals surface area contributed by atoms with Gasteiger partial charge in [-0.1, -0.05) is 24.3 Å². The Hall–Kier alpha value is -3.21. The zero-order valence-electron chi connectivity index (χ0n) is 14.7. The van der Waals surface area contributed by atoms with Crippen LogP contribution in [0.2, 0.25) is 0 Å². The number of carbonyl (C=O) groups excluding carboxylic acids is 1. The molecule has 1 fully saturated rings. The smallest absolute Gasteiger partial charge is 0.185 e. The highest BCUT2D eigenvalue weighted by Gasteiger charge is 2.24. The molecule has 1 aliphatic carbocycles. The lowest BCUT2D eigenvalue weighted by Gasteiger charge is -2.06. The van der Waals surface area contributed by atoms with Gasteiger partial charge in [0, 0.05) is 22.3 Å². The zero-order valence-corrected chi connectivity index (χ0v) is 14.7. The largest absolute Gasteiger partial charge is 0.504 e. The fraction of sp³-hybridized carbons (Fsp3) is 0.190. The van der Waals surface area contributed by atoms with Gasteiger partial charge in [0.15, 0.2) is 28.8 Å².